The molecule has 0 saturated heterocycles. The Morgan fingerprint density at radius 2 is 2.25 bits per heavy atom. The molecule has 3 unspecified atom stereocenters. The summed E-state index contributed by atoms with van der Waals surface area (Å²) in [6, 6.07) is 1.79. The molecule has 1 aliphatic carbocycles. The van der Waals surface area contributed by atoms with E-state index in [0.29, 0.717) is 11.8 Å². The lowest BCUT2D eigenvalue weighted by Gasteiger charge is -2.36. The third-order valence-corrected chi connectivity index (χ3v) is 4.71. The summed E-state index contributed by atoms with van der Waals surface area (Å²) < 4.78 is 0. The number of carboxylic acids is 1. The highest BCUT2D eigenvalue weighted by atomic mass is 16.4. The van der Waals surface area contributed by atoms with Gasteiger partial charge in [-0.1, -0.05) is 13.8 Å². The van der Waals surface area contributed by atoms with Crippen molar-refractivity contribution in [1.82, 2.24) is 4.98 Å². The summed E-state index contributed by atoms with van der Waals surface area (Å²) >= 11 is 0. The molecule has 3 N–H and O–H groups in total. The average molecular weight is 276 g/mol. The number of carboxylic acid groups (broad SMARTS) is 1. The molecular formula is C16H24N2O2. The van der Waals surface area contributed by atoms with Crippen molar-refractivity contribution in [2.45, 2.75) is 39.5 Å². The van der Waals surface area contributed by atoms with Crippen LogP contribution in [0.4, 0.5) is 5.69 Å². The number of nitrogens with two attached hydrogens (primary N) is 1. The van der Waals surface area contributed by atoms with Crippen LogP contribution in [0.25, 0.3) is 0 Å². The molecule has 1 aromatic heterocycles. The lowest BCUT2D eigenvalue weighted by molar-refractivity contribution is -0.145. The van der Waals surface area contributed by atoms with Crippen molar-refractivity contribution in [2.75, 3.05) is 5.73 Å². The zero-order valence-corrected chi connectivity index (χ0v) is 12.2. The summed E-state index contributed by atoms with van der Waals surface area (Å²) in [5.74, 6) is 0.483. The number of aromatic nitrogens is 1. The molecule has 0 bridgehead atoms. The van der Waals surface area contributed by atoms with Gasteiger partial charge in [-0.25, -0.2) is 0 Å². The molecule has 1 saturated carbocycles. The predicted octanol–water partition coefficient (Wildman–Crippen LogP) is 2.98. The van der Waals surface area contributed by atoms with Crippen molar-refractivity contribution in [3.63, 3.8) is 0 Å². The van der Waals surface area contributed by atoms with Crippen LogP contribution in [-0.4, -0.2) is 16.1 Å². The number of hydrogen-bond acceptors (Lipinski definition) is 3. The molecule has 0 radical (unpaired) electrons. The Morgan fingerprint density at radius 3 is 2.85 bits per heavy atom. The largest absolute Gasteiger partial charge is 0.481 e. The van der Waals surface area contributed by atoms with E-state index in [2.05, 4.69) is 18.8 Å². The van der Waals surface area contributed by atoms with Gasteiger partial charge < -0.3 is 10.8 Å². The van der Waals surface area contributed by atoms with Crippen molar-refractivity contribution >= 4 is 11.7 Å². The first kappa shape index (κ1) is 14.8. The van der Waals surface area contributed by atoms with Gasteiger partial charge in [-0.15, -0.1) is 0 Å². The first-order chi connectivity index (χ1) is 9.49. The van der Waals surface area contributed by atoms with E-state index in [-0.39, 0.29) is 11.8 Å². The van der Waals surface area contributed by atoms with Crippen LogP contribution in [0, 0.1) is 23.7 Å². The lowest BCUT2D eigenvalue weighted by Crippen LogP contribution is -2.33. The van der Waals surface area contributed by atoms with E-state index in [1.807, 2.05) is 0 Å². The zero-order chi connectivity index (χ0) is 14.7. The standard InChI is InChI=1S/C16H24N2O2/c1-10(2)11-3-4-14(16(19)20)12(7-11)8-13-9-18-6-5-15(13)17/h5-6,9-12,14H,3-4,7-8H2,1-2H3,(H2,17,18)(H,19,20). The Balaban J connectivity index is 2.15. The van der Waals surface area contributed by atoms with Crippen LogP contribution in [0.3, 0.4) is 0 Å². The van der Waals surface area contributed by atoms with Gasteiger partial charge in [-0.3, -0.25) is 9.78 Å². The Kier molecular flexibility index (Phi) is 4.63. The highest BCUT2D eigenvalue weighted by Gasteiger charge is 2.36. The number of pyridine rings is 1. The van der Waals surface area contributed by atoms with E-state index in [0.717, 1.165) is 36.9 Å². The van der Waals surface area contributed by atoms with Gasteiger partial charge in [0.05, 0.1) is 5.92 Å². The van der Waals surface area contributed by atoms with E-state index in [4.69, 9.17) is 5.73 Å². The van der Waals surface area contributed by atoms with Crippen LogP contribution in [0.15, 0.2) is 18.5 Å². The fourth-order valence-corrected chi connectivity index (χ4v) is 3.35. The summed E-state index contributed by atoms with van der Waals surface area (Å²) in [5.41, 5.74) is 7.66. The third-order valence-electron chi connectivity index (χ3n) is 4.71. The molecule has 0 aliphatic heterocycles. The predicted molar refractivity (Wildman–Crippen MR) is 79.1 cm³/mol. The molecular weight excluding hydrogens is 252 g/mol. The minimum atomic E-state index is -0.667. The van der Waals surface area contributed by atoms with Gasteiger partial charge in [0.25, 0.3) is 0 Å². The molecule has 1 heterocycles. The van der Waals surface area contributed by atoms with E-state index in [1.54, 1.807) is 18.5 Å². The molecule has 0 amide bonds. The number of aliphatic carboxylic acids is 1. The van der Waals surface area contributed by atoms with E-state index in [1.165, 1.54) is 0 Å². The maximum Gasteiger partial charge on any atom is 0.306 e. The number of nitrogen functional groups attached to an aromatic ring is 1. The van der Waals surface area contributed by atoms with Gasteiger partial charge in [0.15, 0.2) is 0 Å². The number of carbonyl (C=O) groups is 1. The maximum atomic E-state index is 11.5. The molecule has 1 aliphatic rings. The molecule has 2 rings (SSSR count). The second kappa shape index (κ2) is 6.25. The molecule has 4 heteroatoms. The van der Waals surface area contributed by atoms with Crippen LogP contribution < -0.4 is 5.73 Å². The first-order valence-electron chi connectivity index (χ1n) is 7.40. The monoisotopic (exact) mass is 276 g/mol. The SMILES string of the molecule is CC(C)C1CCC(C(=O)O)C(Cc2cnccc2N)C1. The first-order valence-corrected chi connectivity index (χ1v) is 7.40. The topological polar surface area (TPSA) is 76.2 Å². The summed E-state index contributed by atoms with van der Waals surface area (Å²) in [4.78, 5) is 15.6. The summed E-state index contributed by atoms with van der Waals surface area (Å²) in [6.45, 7) is 4.45. The maximum absolute atomic E-state index is 11.5. The minimum absolute atomic E-state index is 0.167. The second-order valence-electron chi connectivity index (χ2n) is 6.30. The van der Waals surface area contributed by atoms with E-state index >= 15 is 0 Å². The van der Waals surface area contributed by atoms with Crippen molar-refractivity contribution in [1.29, 1.82) is 0 Å². The number of hydrogen-bond donors (Lipinski definition) is 2. The quantitative estimate of drug-likeness (QED) is 0.886. The Morgan fingerprint density at radius 1 is 1.50 bits per heavy atom. The van der Waals surface area contributed by atoms with Crippen LogP contribution in [0.1, 0.15) is 38.7 Å². The van der Waals surface area contributed by atoms with Crippen LogP contribution in [0.5, 0.6) is 0 Å². The summed E-state index contributed by atoms with van der Waals surface area (Å²) in [5, 5.41) is 9.43. The normalized spacial score (nSPS) is 26.6. The lowest BCUT2D eigenvalue weighted by atomic mass is 9.69. The zero-order valence-electron chi connectivity index (χ0n) is 12.2. The van der Waals surface area contributed by atoms with E-state index in [9.17, 15) is 9.90 Å². The van der Waals surface area contributed by atoms with E-state index < -0.39 is 5.97 Å². The Hall–Kier alpha value is -1.58. The number of anilines is 1. The van der Waals surface area contributed by atoms with Crippen LogP contribution >= 0.6 is 0 Å². The van der Waals surface area contributed by atoms with Crippen molar-refractivity contribution in [3.05, 3.63) is 24.0 Å². The fourth-order valence-electron chi connectivity index (χ4n) is 3.35. The average Bonchev–Trinajstić information content (AvgIpc) is 2.41. The highest BCUT2D eigenvalue weighted by molar-refractivity contribution is 5.70. The number of rotatable bonds is 4. The molecule has 20 heavy (non-hydrogen) atoms. The van der Waals surface area contributed by atoms with Gasteiger partial charge in [0, 0.05) is 18.1 Å². The van der Waals surface area contributed by atoms with Crippen LogP contribution in [0.2, 0.25) is 0 Å². The minimum Gasteiger partial charge on any atom is -0.481 e. The second-order valence-corrected chi connectivity index (χ2v) is 6.30. The van der Waals surface area contributed by atoms with Gasteiger partial charge in [-0.05, 0) is 55.1 Å². The summed E-state index contributed by atoms with van der Waals surface area (Å²) in [6.07, 6.45) is 6.94. The van der Waals surface area contributed by atoms with Gasteiger partial charge in [0.2, 0.25) is 0 Å². The van der Waals surface area contributed by atoms with Crippen LogP contribution in [-0.2, 0) is 11.2 Å². The molecule has 4 nitrogen and oxygen atoms in total. The Labute approximate surface area is 120 Å². The van der Waals surface area contributed by atoms with Gasteiger partial charge in [-0.2, -0.15) is 0 Å². The van der Waals surface area contributed by atoms with Gasteiger partial charge in [0.1, 0.15) is 0 Å². The molecule has 0 spiro atoms. The molecule has 110 valence electrons. The van der Waals surface area contributed by atoms with Crippen molar-refractivity contribution < 1.29 is 9.90 Å². The number of nitrogens with zero attached hydrogens (tertiary/aromatic N) is 1. The smallest absolute Gasteiger partial charge is 0.306 e. The van der Waals surface area contributed by atoms with Crippen molar-refractivity contribution in [3.8, 4) is 0 Å². The molecule has 3 atom stereocenters. The Bertz CT molecular complexity index is 473. The molecule has 0 aromatic carbocycles. The summed E-state index contributed by atoms with van der Waals surface area (Å²) in [7, 11) is 0. The fraction of sp³-hybridized carbons (Fsp3) is 0.625. The molecule has 1 aromatic rings. The highest BCUT2D eigenvalue weighted by Crippen LogP contribution is 2.39. The van der Waals surface area contributed by atoms with Gasteiger partial charge >= 0.3 is 5.97 Å². The third kappa shape index (κ3) is 3.30. The molecule has 1 fully saturated rings. The van der Waals surface area contributed by atoms with Crippen molar-refractivity contribution in [2.24, 2.45) is 23.7 Å².